The predicted molar refractivity (Wildman–Crippen MR) is 116 cm³/mol. The monoisotopic (exact) mass is 447 g/mol. The lowest BCUT2D eigenvalue weighted by Crippen LogP contribution is -2.29. The van der Waals surface area contributed by atoms with Gasteiger partial charge in [-0.3, -0.25) is 9.48 Å². The number of sulfonamides is 1. The van der Waals surface area contributed by atoms with Crippen molar-refractivity contribution < 1.29 is 13.2 Å². The molecule has 1 aliphatic heterocycles. The molecule has 0 aliphatic carbocycles. The van der Waals surface area contributed by atoms with Gasteiger partial charge in [0, 0.05) is 57.4 Å². The summed E-state index contributed by atoms with van der Waals surface area (Å²) in [6, 6.07) is 3.82. The molecule has 1 saturated heterocycles. The molecule has 1 atom stereocenters. The topological polar surface area (TPSA) is 88.4 Å². The lowest BCUT2D eigenvalue weighted by molar-refractivity contribution is 0.0831. The predicted octanol–water partition coefficient (Wildman–Crippen LogP) is 2.70. The smallest absolute Gasteiger partial charge is 0.263 e. The van der Waals surface area contributed by atoms with E-state index in [1.807, 2.05) is 19.1 Å². The molecule has 1 fully saturated rings. The van der Waals surface area contributed by atoms with Gasteiger partial charge >= 0.3 is 0 Å². The average molecular weight is 448 g/mol. The molecule has 4 rings (SSSR count). The molecule has 1 amide bonds. The molecule has 4 heterocycles. The second-order valence-corrected chi connectivity index (χ2v) is 10.6. The van der Waals surface area contributed by atoms with E-state index in [1.165, 1.54) is 15.6 Å². The van der Waals surface area contributed by atoms with Crippen LogP contribution in [0.1, 0.15) is 40.2 Å². The largest absolute Gasteiger partial charge is 0.344 e. The number of aryl methyl sites for hydroxylation is 2. The molecule has 3 aromatic heterocycles. The molecule has 30 heavy (non-hydrogen) atoms. The summed E-state index contributed by atoms with van der Waals surface area (Å²) in [4.78, 5) is 20.5. The lowest BCUT2D eigenvalue weighted by Gasteiger charge is -2.17. The van der Waals surface area contributed by atoms with Crippen LogP contribution in [0.3, 0.4) is 0 Å². The maximum atomic E-state index is 13.3. The fourth-order valence-corrected chi connectivity index (χ4v) is 6.87. The SMILES string of the molecule is CCn1cc(S(=O)(=O)N2CC[C@@H](c3c(C(=O)N(C)C)sc4ncccc34)C2)c(C)n1. The van der Waals surface area contributed by atoms with Gasteiger partial charge in [-0.2, -0.15) is 9.40 Å². The van der Waals surface area contributed by atoms with Crippen LogP contribution >= 0.6 is 11.3 Å². The summed E-state index contributed by atoms with van der Waals surface area (Å²) in [6.45, 7) is 5.01. The van der Waals surface area contributed by atoms with Crippen molar-refractivity contribution in [3.05, 3.63) is 40.7 Å². The summed E-state index contributed by atoms with van der Waals surface area (Å²) in [6.07, 6.45) is 3.98. The summed E-state index contributed by atoms with van der Waals surface area (Å²) in [5.74, 6) is -0.132. The first-order valence-electron chi connectivity index (χ1n) is 9.87. The first kappa shape index (κ1) is 21.0. The number of aromatic nitrogens is 3. The Hall–Kier alpha value is -2.30. The number of nitrogens with zero attached hydrogens (tertiary/aromatic N) is 5. The summed E-state index contributed by atoms with van der Waals surface area (Å²) >= 11 is 1.38. The van der Waals surface area contributed by atoms with E-state index in [2.05, 4.69) is 10.1 Å². The van der Waals surface area contributed by atoms with E-state index in [0.29, 0.717) is 36.6 Å². The minimum Gasteiger partial charge on any atom is -0.344 e. The summed E-state index contributed by atoms with van der Waals surface area (Å²) in [7, 11) is -0.192. The molecule has 1 aliphatic rings. The molecule has 0 aromatic carbocycles. The highest BCUT2D eigenvalue weighted by atomic mass is 32.2. The maximum Gasteiger partial charge on any atom is 0.263 e. The van der Waals surface area contributed by atoms with Crippen LogP contribution in [-0.4, -0.2) is 65.5 Å². The van der Waals surface area contributed by atoms with Crippen molar-refractivity contribution >= 4 is 37.5 Å². The normalized spacial score (nSPS) is 17.7. The van der Waals surface area contributed by atoms with Crippen LogP contribution in [0.4, 0.5) is 0 Å². The van der Waals surface area contributed by atoms with Crippen LogP contribution in [0.25, 0.3) is 10.2 Å². The zero-order chi connectivity index (χ0) is 21.6. The molecule has 0 saturated carbocycles. The van der Waals surface area contributed by atoms with Crippen molar-refractivity contribution in [1.82, 2.24) is 24.0 Å². The van der Waals surface area contributed by atoms with Crippen LogP contribution in [0, 0.1) is 6.92 Å². The Morgan fingerprint density at radius 1 is 1.37 bits per heavy atom. The highest BCUT2D eigenvalue weighted by Crippen LogP contribution is 2.41. The highest BCUT2D eigenvalue weighted by molar-refractivity contribution is 7.89. The lowest BCUT2D eigenvalue weighted by atomic mass is 9.95. The second kappa shape index (κ2) is 7.75. The van der Waals surface area contributed by atoms with E-state index >= 15 is 0 Å². The van der Waals surface area contributed by atoms with Gasteiger partial charge in [0.15, 0.2) is 0 Å². The van der Waals surface area contributed by atoms with Crippen LogP contribution in [0.15, 0.2) is 29.4 Å². The molecular formula is C20H25N5O3S2. The molecule has 0 unspecified atom stereocenters. The molecule has 0 bridgehead atoms. The third-order valence-electron chi connectivity index (χ3n) is 5.51. The third kappa shape index (κ3) is 3.42. The van der Waals surface area contributed by atoms with Crippen molar-refractivity contribution in [2.75, 3.05) is 27.2 Å². The van der Waals surface area contributed by atoms with E-state index in [1.54, 1.807) is 43.0 Å². The third-order valence-corrected chi connectivity index (χ3v) is 8.59. The molecule has 0 spiro atoms. The Labute approximate surface area is 180 Å². The Kier molecular flexibility index (Phi) is 5.41. The van der Waals surface area contributed by atoms with Crippen LogP contribution in [-0.2, 0) is 16.6 Å². The second-order valence-electron chi connectivity index (χ2n) is 7.68. The van der Waals surface area contributed by atoms with Crippen LogP contribution < -0.4 is 0 Å². The summed E-state index contributed by atoms with van der Waals surface area (Å²) < 4.78 is 29.7. The summed E-state index contributed by atoms with van der Waals surface area (Å²) in [5, 5.41) is 5.22. The Morgan fingerprint density at radius 3 is 2.80 bits per heavy atom. The quantitative estimate of drug-likeness (QED) is 0.600. The first-order valence-corrected chi connectivity index (χ1v) is 12.1. The van der Waals surface area contributed by atoms with E-state index in [9.17, 15) is 13.2 Å². The zero-order valence-corrected chi connectivity index (χ0v) is 19.1. The summed E-state index contributed by atoms with van der Waals surface area (Å²) in [5.41, 5.74) is 1.43. The zero-order valence-electron chi connectivity index (χ0n) is 17.5. The first-order chi connectivity index (χ1) is 14.2. The number of pyridine rings is 1. The van der Waals surface area contributed by atoms with Gasteiger partial charge in [-0.25, -0.2) is 13.4 Å². The fraction of sp³-hybridized carbons (Fsp3) is 0.450. The van der Waals surface area contributed by atoms with E-state index in [0.717, 1.165) is 15.8 Å². The molecule has 0 N–H and O–H groups in total. The minimum absolute atomic E-state index is 0.0573. The van der Waals surface area contributed by atoms with E-state index < -0.39 is 10.0 Å². The molecule has 10 heteroatoms. The Bertz CT molecular complexity index is 1210. The number of hydrogen-bond acceptors (Lipinski definition) is 6. The van der Waals surface area contributed by atoms with Gasteiger partial charge in [-0.05, 0) is 31.9 Å². The molecule has 160 valence electrons. The van der Waals surface area contributed by atoms with Crippen molar-refractivity contribution in [2.24, 2.45) is 0 Å². The number of thiophene rings is 1. The van der Waals surface area contributed by atoms with Gasteiger partial charge in [-0.15, -0.1) is 11.3 Å². The molecule has 3 aromatic rings. The van der Waals surface area contributed by atoms with Gasteiger partial charge in [0.05, 0.1) is 10.6 Å². The number of carbonyl (C=O) groups is 1. The number of rotatable bonds is 5. The number of hydrogen-bond donors (Lipinski definition) is 0. The van der Waals surface area contributed by atoms with E-state index in [-0.39, 0.29) is 16.7 Å². The van der Waals surface area contributed by atoms with Crippen molar-refractivity contribution in [1.29, 1.82) is 0 Å². The van der Waals surface area contributed by atoms with Gasteiger partial charge in [0.1, 0.15) is 9.73 Å². The van der Waals surface area contributed by atoms with Crippen LogP contribution in [0.5, 0.6) is 0 Å². The number of amides is 1. The minimum atomic E-state index is -3.64. The van der Waals surface area contributed by atoms with Gasteiger partial charge in [0.2, 0.25) is 10.0 Å². The molecule has 8 nitrogen and oxygen atoms in total. The number of fused-ring (bicyclic) bond motifs is 1. The fourth-order valence-electron chi connectivity index (χ4n) is 3.95. The van der Waals surface area contributed by atoms with Crippen molar-refractivity contribution in [3.63, 3.8) is 0 Å². The average Bonchev–Trinajstić information content (AvgIpc) is 3.43. The molecular weight excluding hydrogens is 422 g/mol. The van der Waals surface area contributed by atoms with Crippen molar-refractivity contribution in [3.8, 4) is 0 Å². The highest BCUT2D eigenvalue weighted by Gasteiger charge is 2.38. The Balaban J connectivity index is 1.71. The van der Waals surface area contributed by atoms with Gasteiger partial charge in [0.25, 0.3) is 5.91 Å². The van der Waals surface area contributed by atoms with Gasteiger partial charge in [-0.1, -0.05) is 6.07 Å². The van der Waals surface area contributed by atoms with Crippen molar-refractivity contribution in [2.45, 2.75) is 37.6 Å². The van der Waals surface area contributed by atoms with E-state index in [4.69, 9.17) is 0 Å². The van der Waals surface area contributed by atoms with Crippen LogP contribution in [0.2, 0.25) is 0 Å². The number of carbonyl (C=O) groups excluding carboxylic acids is 1. The van der Waals surface area contributed by atoms with Gasteiger partial charge < -0.3 is 4.90 Å². The standard InChI is InChI=1S/C20H25N5O3S2/c1-5-24-12-16(13(2)22-24)30(27,28)25-10-8-14(11-25)17-15-7-6-9-21-19(15)29-18(17)20(26)23(3)4/h6-7,9,12,14H,5,8,10-11H2,1-4H3/t14-/m1/s1. The Morgan fingerprint density at radius 2 is 2.13 bits per heavy atom. The maximum absolute atomic E-state index is 13.3. The molecule has 0 radical (unpaired) electrons.